The van der Waals surface area contributed by atoms with Crippen molar-refractivity contribution in [3.8, 4) is 6.07 Å². The molecule has 2 aliphatic carbocycles. The van der Waals surface area contributed by atoms with E-state index in [1.54, 1.807) is 6.92 Å². The van der Waals surface area contributed by atoms with E-state index in [4.69, 9.17) is 9.72 Å². The quantitative estimate of drug-likeness (QED) is 0.299. The summed E-state index contributed by atoms with van der Waals surface area (Å²) < 4.78 is 5.29. The second kappa shape index (κ2) is 11.4. The Morgan fingerprint density at radius 2 is 2.12 bits per heavy atom. The minimum Gasteiger partial charge on any atom is -0.462 e. The van der Waals surface area contributed by atoms with Gasteiger partial charge in [0.15, 0.2) is 0 Å². The maximum absolute atomic E-state index is 12.8. The molecule has 8 heteroatoms. The lowest BCUT2D eigenvalue weighted by molar-refractivity contribution is -0.115. The lowest BCUT2D eigenvalue weighted by Crippen LogP contribution is -2.17. The van der Waals surface area contributed by atoms with Crippen LogP contribution in [0.5, 0.6) is 0 Å². The second-order valence-electron chi connectivity index (χ2n) is 9.04. The number of carbonyl (C=O) groups excluding carboxylic acids is 2. The number of pyridine rings is 1. The number of thiophene rings is 1. The first-order valence-electron chi connectivity index (χ1n) is 12.2. The number of rotatable bonds is 7. The van der Waals surface area contributed by atoms with Crippen LogP contribution in [0.25, 0.3) is 0 Å². The van der Waals surface area contributed by atoms with Crippen molar-refractivity contribution >= 4 is 40.0 Å². The molecule has 0 aliphatic heterocycles. The summed E-state index contributed by atoms with van der Waals surface area (Å²) in [6.07, 6.45) is 8.48. The summed E-state index contributed by atoms with van der Waals surface area (Å²) in [6.45, 7) is 4.31. The molecular formula is C26H31N3O3S2. The maximum Gasteiger partial charge on any atom is 0.341 e. The SMILES string of the molecule is CCOC(=O)c1c(NC(=O)CCSc2nc3c(cc2C#N)CCCCC3)sc2c1CCC(C)C2. The molecule has 1 amide bonds. The first-order valence-corrected chi connectivity index (χ1v) is 14.0. The molecule has 0 aromatic carbocycles. The van der Waals surface area contributed by atoms with Crippen LogP contribution in [0.3, 0.4) is 0 Å². The zero-order valence-electron chi connectivity index (χ0n) is 19.9. The van der Waals surface area contributed by atoms with Gasteiger partial charge in [-0.3, -0.25) is 4.79 Å². The molecule has 1 N–H and O–H groups in total. The van der Waals surface area contributed by atoms with Crippen molar-refractivity contribution in [3.63, 3.8) is 0 Å². The average molecular weight is 498 g/mol. The van der Waals surface area contributed by atoms with Crippen molar-refractivity contribution in [2.75, 3.05) is 17.7 Å². The number of carbonyl (C=O) groups is 2. The molecule has 34 heavy (non-hydrogen) atoms. The molecule has 0 radical (unpaired) electrons. The fraction of sp³-hybridized carbons (Fsp3) is 0.538. The lowest BCUT2D eigenvalue weighted by Gasteiger charge is -2.18. The number of amides is 1. The highest BCUT2D eigenvalue weighted by atomic mass is 32.2. The van der Waals surface area contributed by atoms with Gasteiger partial charge in [0.05, 0.1) is 17.7 Å². The number of nitriles is 1. The van der Waals surface area contributed by atoms with E-state index in [0.29, 0.717) is 39.4 Å². The van der Waals surface area contributed by atoms with Gasteiger partial charge in [0.2, 0.25) is 5.91 Å². The Morgan fingerprint density at radius 3 is 2.91 bits per heavy atom. The molecule has 2 aliphatic rings. The van der Waals surface area contributed by atoms with E-state index >= 15 is 0 Å². The lowest BCUT2D eigenvalue weighted by atomic mass is 9.88. The smallest absolute Gasteiger partial charge is 0.341 e. The first-order chi connectivity index (χ1) is 16.5. The van der Waals surface area contributed by atoms with E-state index in [-0.39, 0.29) is 18.3 Å². The van der Waals surface area contributed by atoms with Crippen molar-refractivity contribution in [1.82, 2.24) is 4.98 Å². The number of aromatic nitrogens is 1. The molecule has 0 fully saturated rings. The molecule has 0 bridgehead atoms. The topological polar surface area (TPSA) is 92.1 Å². The largest absolute Gasteiger partial charge is 0.462 e. The van der Waals surface area contributed by atoms with Crippen LogP contribution in [0.2, 0.25) is 0 Å². The van der Waals surface area contributed by atoms with E-state index < -0.39 is 0 Å². The van der Waals surface area contributed by atoms with Crippen LogP contribution in [0.15, 0.2) is 11.1 Å². The number of esters is 1. The summed E-state index contributed by atoms with van der Waals surface area (Å²) in [5.74, 6) is 0.595. The number of fused-ring (bicyclic) bond motifs is 2. The van der Waals surface area contributed by atoms with Gasteiger partial charge in [0.1, 0.15) is 16.1 Å². The van der Waals surface area contributed by atoms with Crippen LogP contribution in [0, 0.1) is 17.2 Å². The van der Waals surface area contributed by atoms with E-state index in [1.807, 2.05) is 6.07 Å². The summed E-state index contributed by atoms with van der Waals surface area (Å²) in [6, 6.07) is 4.26. The summed E-state index contributed by atoms with van der Waals surface area (Å²) in [4.78, 5) is 31.4. The Kier molecular flexibility index (Phi) is 8.28. The minimum atomic E-state index is -0.355. The van der Waals surface area contributed by atoms with Gasteiger partial charge in [-0.1, -0.05) is 13.3 Å². The number of aryl methyl sites for hydroxylation is 2. The van der Waals surface area contributed by atoms with Gasteiger partial charge in [-0.15, -0.1) is 23.1 Å². The van der Waals surface area contributed by atoms with Crippen molar-refractivity contribution < 1.29 is 14.3 Å². The molecule has 180 valence electrons. The summed E-state index contributed by atoms with van der Waals surface area (Å²) in [5.41, 5.74) is 4.46. The Balaban J connectivity index is 1.43. The third kappa shape index (κ3) is 5.64. The molecule has 4 rings (SSSR count). The number of ether oxygens (including phenoxy) is 1. The fourth-order valence-electron chi connectivity index (χ4n) is 4.67. The van der Waals surface area contributed by atoms with E-state index in [1.165, 1.54) is 40.0 Å². The maximum atomic E-state index is 12.8. The van der Waals surface area contributed by atoms with Gasteiger partial charge < -0.3 is 10.1 Å². The van der Waals surface area contributed by atoms with E-state index in [2.05, 4.69) is 18.3 Å². The molecule has 0 saturated carbocycles. The standard InChI is InChI=1S/C26H31N3O3S2/c1-3-32-26(31)23-19-10-9-16(2)13-21(19)34-25(23)29-22(30)11-12-33-24-18(15-27)14-17-7-5-4-6-8-20(17)28-24/h14,16H,3-13H2,1-2H3,(H,29,30). The van der Waals surface area contributed by atoms with Gasteiger partial charge in [0, 0.05) is 22.7 Å². The zero-order valence-corrected chi connectivity index (χ0v) is 21.5. The van der Waals surface area contributed by atoms with Crippen molar-refractivity contribution in [2.45, 2.75) is 76.7 Å². The van der Waals surface area contributed by atoms with Crippen molar-refractivity contribution in [2.24, 2.45) is 5.92 Å². The van der Waals surface area contributed by atoms with E-state index in [0.717, 1.165) is 56.2 Å². The third-order valence-corrected chi connectivity index (χ3v) is 8.61. The highest BCUT2D eigenvalue weighted by molar-refractivity contribution is 7.99. The van der Waals surface area contributed by atoms with Gasteiger partial charge in [-0.05, 0) is 75.0 Å². The monoisotopic (exact) mass is 497 g/mol. The van der Waals surface area contributed by atoms with Gasteiger partial charge in [-0.25, -0.2) is 9.78 Å². The molecule has 2 aromatic heterocycles. The van der Waals surface area contributed by atoms with Crippen LogP contribution in [0.4, 0.5) is 5.00 Å². The van der Waals surface area contributed by atoms with Crippen LogP contribution in [0.1, 0.15) is 83.6 Å². The molecule has 0 saturated heterocycles. The van der Waals surface area contributed by atoms with Gasteiger partial charge >= 0.3 is 5.97 Å². The van der Waals surface area contributed by atoms with Crippen LogP contribution >= 0.6 is 23.1 Å². The van der Waals surface area contributed by atoms with E-state index in [9.17, 15) is 14.9 Å². The Morgan fingerprint density at radius 1 is 1.29 bits per heavy atom. The number of nitrogens with one attached hydrogen (secondary N) is 1. The van der Waals surface area contributed by atoms with Crippen LogP contribution in [-0.4, -0.2) is 29.2 Å². The number of thioether (sulfide) groups is 1. The fourth-order valence-corrected chi connectivity index (χ4v) is 7.00. The zero-order chi connectivity index (χ0) is 24.1. The number of hydrogen-bond donors (Lipinski definition) is 1. The Labute approximate surface area is 209 Å². The van der Waals surface area contributed by atoms with Crippen LogP contribution < -0.4 is 5.32 Å². The molecule has 6 nitrogen and oxygen atoms in total. The Hall–Kier alpha value is -2.37. The molecule has 2 aromatic rings. The van der Waals surface area contributed by atoms with Crippen LogP contribution in [-0.2, 0) is 35.2 Å². The second-order valence-corrected chi connectivity index (χ2v) is 11.2. The number of anilines is 1. The molecular weight excluding hydrogens is 466 g/mol. The molecule has 2 heterocycles. The number of hydrogen-bond acceptors (Lipinski definition) is 7. The predicted octanol–water partition coefficient (Wildman–Crippen LogP) is 5.71. The minimum absolute atomic E-state index is 0.141. The normalized spacial score (nSPS) is 17.1. The van der Waals surface area contributed by atoms with Gasteiger partial charge in [-0.2, -0.15) is 5.26 Å². The molecule has 1 unspecified atom stereocenters. The highest BCUT2D eigenvalue weighted by Crippen LogP contribution is 2.40. The summed E-state index contributed by atoms with van der Waals surface area (Å²) in [7, 11) is 0. The predicted molar refractivity (Wildman–Crippen MR) is 136 cm³/mol. The first kappa shape index (κ1) is 24.7. The Bertz CT molecular complexity index is 1120. The average Bonchev–Trinajstić information content (AvgIpc) is 2.99. The summed E-state index contributed by atoms with van der Waals surface area (Å²) >= 11 is 2.96. The molecule has 0 spiro atoms. The molecule has 1 atom stereocenters. The van der Waals surface area contributed by atoms with Crippen molar-refractivity contribution in [1.29, 1.82) is 5.26 Å². The summed E-state index contributed by atoms with van der Waals surface area (Å²) in [5, 5.41) is 13.9. The van der Waals surface area contributed by atoms with Gasteiger partial charge in [0.25, 0.3) is 0 Å². The van der Waals surface area contributed by atoms with Crippen molar-refractivity contribution in [3.05, 3.63) is 38.9 Å². The number of nitrogens with zero attached hydrogens (tertiary/aromatic N) is 2. The highest BCUT2D eigenvalue weighted by Gasteiger charge is 2.29. The third-order valence-electron chi connectivity index (χ3n) is 6.45.